The Kier molecular flexibility index (Phi) is 5.21. The molecule has 0 bridgehead atoms. The lowest BCUT2D eigenvalue weighted by Crippen LogP contribution is -2.43. The van der Waals surface area contributed by atoms with Crippen LogP contribution >= 0.6 is 0 Å². The highest BCUT2D eigenvalue weighted by atomic mass is 16.2. The van der Waals surface area contributed by atoms with E-state index in [1.54, 1.807) is 15.8 Å². The third-order valence-electron chi connectivity index (χ3n) is 4.89. The van der Waals surface area contributed by atoms with Crippen molar-refractivity contribution in [1.82, 2.24) is 14.7 Å². The van der Waals surface area contributed by atoms with Crippen LogP contribution in [0.4, 0.5) is 5.69 Å². The Morgan fingerprint density at radius 1 is 1.35 bits per heavy atom. The summed E-state index contributed by atoms with van der Waals surface area (Å²) in [7, 11) is 1.89. The summed E-state index contributed by atoms with van der Waals surface area (Å²) in [6, 6.07) is 7.93. The van der Waals surface area contributed by atoms with Gasteiger partial charge in [0.25, 0.3) is 0 Å². The van der Waals surface area contributed by atoms with Gasteiger partial charge in [0.2, 0.25) is 11.8 Å². The van der Waals surface area contributed by atoms with E-state index in [1.165, 1.54) is 6.08 Å². The number of nitrogens with one attached hydrogen (secondary N) is 1. The largest absolute Gasteiger partial charge is 0.338 e. The van der Waals surface area contributed by atoms with Gasteiger partial charge in [0, 0.05) is 37.6 Å². The number of aryl methyl sites for hydroxylation is 2. The van der Waals surface area contributed by atoms with Crippen molar-refractivity contribution in [3.63, 3.8) is 0 Å². The van der Waals surface area contributed by atoms with Crippen molar-refractivity contribution in [2.45, 2.75) is 19.8 Å². The smallest absolute Gasteiger partial charge is 0.245 e. The number of amides is 2. The second-order valence-corrected chi connectivity index (χ2v) is 6.69. The van der Waals surface area contributed by atoms with Crippen LogP contribution < -0.4 is 5.32 Å². The van der Waals surface area contributed by atoms with E-state index in [9.17, 15) is 9.59 Å². The second kappa shape index (κ2) is 7.56. The zero-order valence-corrected chi connectivity index (χ0v) is 15.2. The predicted molar refractivity (Wildman–Crippen MR) is 102 cm³/mol. The van der Waals surface area contributed by atoms with E-state index in [2.05, 4.69) is 17.0 Å². The van der Waals surface area contributed by atoms with E-state index < -0.39 is 0 Å². The Bertz CT molecular complexity index is 840. The quantitative estimate of drug-likeness (QED) is 0.861. The molecule has 1 aliphatic heterocycles. The van der Waals surface area contributed by atoms with E-state index in [0.717, 1.165) is 35.3 Å². The van der Waals surface area contributed by atoms with Gasteiger partial charge in [-0.2, -0.15) is 5.10 Å². The molecule has 3 rings (SSSR count). The molecule has 26 heavy (non-hydrogen) atoms. The first-order chi connectivity index (χ1) is 12.5. The number of rotatable bonds is 4. The number of aromatic nitrogens is 2. The highest BCUT2D eigenvalue weighted by molar-refractivity contribution is 5.95. The fourth-order valence-corrected chi connectivity index (χ4v) is 3.33. The maximum Gasteiger partial charge on any atom is 0.245 e. The number of nitrogens with zero attached hydrogens (tertiary/aromatic N) is 3. The maximum absolute atomic E-state index is 12.7. The first-order valence-electron chi connectivity index (χ1n) is 8.81. The van der Waals surface area contributed by atoms with Gasteiger partial charge in [0.1, 0.15) is 0 Å². The van der Waals surface area contributed by atoms with Crippen LogP contribution in [0.5, 0.6) is 0 Å². The molecular formula is C20H24N4O2. The highest BCUT2D eigenvalue weighted by Gasteiger charge is 2.27. The molecule has 1 aliphatic rings. The monoisotopic (exact) mass is 352 g/mol. The Morgan fingerprint density at radius 2 is 2.15 bits per heavy atom. The molecule has 0 radical (unpaired) electrons. The Balaban J connectivity index is 1.76. The van der Waals surface area contributed by atoms with Gasteiger partial charge in [-0.05, 0) is 43.5 Å². The molecule has 6 nitrogen and oxygen atoms in total. The van der Waals surface area contributed by atoms with Gasteiger partial charge in [-0.15, -0.1) is 0 Å². The number of carbonyl (C=O) groups is 2. The molecule has 0 saturated carbocycles. The lowest BCUT2D eigenvalue weighted by molar-refractivity contribution is -0.130. The molecule has 0 spiro atoms. The van der Waals surface area contributed by atoms with Gasteiger partial charge in [-0.3, -0.25) is 14.3 Å². The zero-order valence-electron chi connectivity index (χ0n) is 15.2. The van der Waals surface area contributed by atoms with E-state index >= 15 is 0 Å². The number of piperidine rings is 1. The van der Waals surface area contributed by atoms with Crippen LogP contribution in [0.15, 0.2) is 43.1 Å². The number of benzene rings is 1. The standard InChI is InChI=1S/C20H24N4O2/c1-4-19(25)24-11-5-6-16(13-24)20(26)22-17-12-15(8-7-14(17)2)18-9-10-21-23(18)3/h4,7-10,12,16H,1,5-6,11,13H2,2-3H3,(H,22,26). The SMILES string of the molecule is C=CC(=O)N1CCCC(C(=O)Nc2cc(-c3ccnn3C)ccc2C)C1. The number of hydrogen-bond acceptors (Lipinski definition) is 3. The summed E-state index contributed by atoms with van der Waals surface area (Å²) in [5, 5.41) is 7.24. The molecular weight excluding hydrogens is 328 g/mol. The minimum absolute atomic E-state index is 0.0446. The fraction of sp³-hybridized carbons (Fsp3) is 0.350. The minimum atomic E-state index is -0.201. The van der Waals surface area contributed by atoms with Crippen molar-refractivity contribution in [3.8, 4) is 11.3 Å². The second-order valence-electron chi connectivity index (χ2n) is 6.69. The first kappa shape index (κ1) is 17.9. The summed E-state index contributed by atoms with van der Waals surface area (Å²) in [6.07, 6.45) is 4.67. The summed E-state index contributed by atoms with van der Waals surface area (Å²) in [5.41, 5.74) is 3.78. The van der Waals surface area contributed by atoms with Crippen molar-refractivity contribution in [2.24, 2.45) is 13.0 Å². The van der Waals surface area contributed by atoms with Crippen molar-refractivity contribution < 1.29 is 9.59 Å². The van der Waals surface area contributed by atoms with Gasteiger partial charge in [0.15, 0.2) is 0 Å². The molecule has 1 fully saturated rings. The average molecular weight is 352 g/mol. The first-order valence-corrected chi connectivity index (χ1v) is 8.81. The Hall–Kier alpha value is -2.89. The van der Waals surface area contributed by atoms with E-state index in [1.807, 2.05) is 38.2 Å². The van der Waals surface area contributed by atoms with Crippen LogP contribution in [0, 0.1) is 12.8 Å². The third kappa shape index (κ3) is 3.69. The lowest BCUT2D eigenvalue weighted by Gasteiger charge is -2.31. The number of hydrogen-bond donors (Lipinski definition) is 1. The van der Waals surface area contributed by atoms with Gasteiger partial charge >= 0.3 is 0 Å². The van der Waals surface area contributed by atoms with Crippen LogP contribution in [0.2, 0.25) is 0 Å². The van der Waals surface area contributed by atoms with Gasteiger partial charge < -0.3 is 10.2 Å². The summed E-state index contributed by atoms with van der Waals surface area (Å²) in [4.78, 5) is 26.3. The van der Waals surface area contributed by atoms with Crippen molar-refractivity contribution in [3.05, 3.63) is 48.7 Å². The maximum atomic E-state index is 12.7. The van der Waals surface area contributed by atoms with Gasteiger partial charge in [0.05, 0.1) is 11.6 Å². The molecule has 2 heterocycles. The Morgan fingerprint density at radius 3 is 2.85 bits per heavy atom. The molecule has 0 aliphatic carbocycles. The predicted octanol–water partition coefficient (Wildman–Crippen LogP) is 2.76. The van der Waals surface area contributed by atoms with E-state index in [0.29, 0.717) is 13.1 Å². The lowest BCUT2D eigenvalue weighted by atomic mass is 9.96. The van der Waals surface area contributed by atoms with Gasteiger partial charge in [-0.25, -0.2) is 0 Å². The molecule has 2 aromatic rings. The van der Waals surface area contributed by atoms with E-state index in [-0.39, 0.29) is 17.7 Å². The van der Waals surface area contributed by atoms with Crippen LogP contribution in [0.25, 0.3) is 11.3 Å². The fourth-order valence-electron chi connectivity index (χ4n) is 3.33. The van der Waals surface area contributed by atoms with Crippen molar-refractivity contribution in [2.75, 3.05) is 18.4 Å². The van der Waals surface area contributed by atoms with E-state index in [4.69, 9.17) is 0 Å². The minimum Gasteiger partial charge on any atom is -0.338 e. The van der Waals surface area contributed by atoms with Crippen LogP contribution in [0.1, 0.15) is 18.4 Å². The number of anilines is 1. The van der Waals surface area contributed by atoms with Crippen molar-refractivity contribution >= 4 is 17.5 Å². The topological polar surface area (TPSA) is 67.2 Å². The van der Waals surface area contributed by atoms with Crippen LogP contribution in [0.3, 0.4) is 0 Å². The molecule has 1 N–H and O–H groups in total. The average Bonchev–Trinajstić information content (AvgIpc) is 3.09. The number of carbonyl (C=O) groups excluding carboxylic acids is 2. The molecule has 1 aromatic carbocycles. The van der Waals surface area contributed by atoms with Gasteiger partial charge in [-0.1, -0.05) is 18.7 Å². The normalized spacial score (nSPS) is 17.0. The third-order valence-corrected chi connectivity index (χ3v) is 4.89. The zero-order chi connectivity index (χ0) is 18.7. The van der Waals surface area contributed by atoms with Crippen LogP contribution in [-0.2, 0) is 16.6 Å². The summed E-state index contributed by atoms with van der Waals surface area (Å²) in [6.45, 7) is 6.62. The molecule has 2 amide bonds. The summed E-state index contributed by atoms with van der Waals surface area (Å²) < 4.78 is 1.80. The molecule has 6 heteroatoms. The van der Waals surface area contributed by atoms with Crippen LogP contribution in [-0.4, -0.2) is 39.6 Å². The molecule has 1 saturated heterocycles. The van der Waals surface area contributed by atoms with Crippen molar-refractivity contribution in [1.29, 1.82) is 0 Å². The Labute approximate surface area is 153 Å². The molecule has 1 aromatic heterocycles. The summed E-state index contributed by atoms with van der Waals surface area (Å²) in [5.74, 6) is -0.360. The number of likely N-dealkylation sites (tertiary alicyclic amines) is 1. The molecule has 1 atom stereocenters. The molecule has 1 unspecified atom stereocenters. The summed E-state index contributed by atoms with van der Waals surface area (Å²) >= 11 is 0. The highest BCUT2D eigenvalue weighted by Crippen LogP contribution is 2.26. The molecule has 136 valence electrons.